The average Bonchev–Trinajstić information content (AvgIpc) is 2.15. The zero-order valence-corrected chi connectivity index (χ0v) is 7.96. The van der Waals surface area contributed by atoms with E-state index in [4.69, 9.17) is 11.6 Å². The Balaban J connectivity index is 2.66. The van der Waals surface area contributed by atoms with E-state index in [0.717, 1.165) is 18.5 Å². The zero-order chi connectivity index (χ0) is 8.81. The molecule has 0 aliphatic heterocycles. The van der Waals surface area contributed by atoms with Gasteiger partial charge in [0.1, 0.15) is 0 Å². The summed E-state index contributed by atoms with van der Waals surface area (Å²) in [7, 11) is 0. The topological polar surface area (TPSA) is 25.8 Å². The molecule has 1 unspecified atom stereocenters. The van der Waals surface area contributed by atoms with E-state index in [2.05, 4.69) is 16.9 Å². The van der Waals surface area contributed by atoms with Crippen molar-refractivity contribution in [3.63, 3.8) is 0 Å². The van der Waals surface area contributed by atoms with E-state index in [1.54, 1.807) is 18.6 Å². The standard InChI is InChI=1S/C9H13ClN2/c1-2-3-8(6-10)9-7-11-4-5-12-9/h4-5,7-8H,2-3,6H2,1H3. The number of nitrogens with zero attached hydrogens (tertiary/aromatic N) is 2. The molecule has 0 amide bonds. The Bertz CT molecular complexity index is 213. The summed E-state index contributed by atoms with van der Waals surface area (Å²) in [4.78, 5) is 8.24. The van der Waals surface area contributed by atoms with Crippen molar-refractivity contribution in [1.29, 1.82) is 0 Å². The van der Waals surface area contributed by atoms with E-state index in [-0.39, 0.29) is 0 Å². The van der Waals surface area contributed by atoms with Gasteiger partial charge in [-0.25, -0.2) is 0 Å². The van der Waals surface area contributed by atoms with Gasteiger partial charge < -0.3 is 0 Å². The van der Waals surface area contributed by atoms with Crippen molar-refractivity contribution in [1.82, 2.24) is 9.97 Å². The molecule has 66 valence electrons. The SMILES string of the molecule is CCCC(CCl)c1cnccn1. The zero-order valence-electron chi connectivity index (χ0n) is 7.20. The maximum absolute atomic E-state index is 5.81. The Kier molecular flexibility index (Phi) is 4.01. The van der Waals surface area contributed by atoms with Gasteiger partial charge in [-0.05, 0) is 6.42 Å². The largest absolute Gasteiger partial charge is 0.261 e. The number of rotatable bonds is 4. The van der Waals surface area contributed by atoms with Crippen LogP contribution in [0.25, 0.3) is 0 Å². The van der Waals surface area contributed by atoms with Gasteiger partial charge in [-0.1, -0.05) is 13.3 Å². The van der Waals surface area contributed by atoms with Crippen molar-refractivity contribution in [2.45, 2.75) is 25.7 Å². The van der Waals surface area contributed by atoms with Gasteiger partial charge in [0.15, 0.2) is 0 Å². The van der Waals surface area contributed by atoms with Crippen LogP contribution < -0.4 is 0 Å². The van der Waals surface area contributed by atoms with Crippen LogP contribution in [0.15, 0.2) is 18.6 Å². The van der Waals surface area contributed by atoms with E-state index >= 15 is 0 Å². The van der Waals surface area contributed by atoms with Crippen LogP contribution in [-0.4, -0.2) is 15.8 Å². The first-order chi connectivity index (χ1) is 5.88. The van der Waals surface area contributed by atoms with E-state index in [1.807, 2.05) is 0 Å². The van der Waals surface area contributed by atoms with Crippen LogP contribution in [0.4, 0.5) is 0 Å². The Morgan fingerprint density at radius 2 is 2.33 bits per heavy atom. The first kappa shape index (κ1) is 9.46. The van der Waals surface area contributed by atoms with Crippen LogP contribution in [-0.2, 0) is 0 Å². The van der Waals surface area contributed by atoms with E-state index in [1.165, 1.54) is 0 Å². The number of halogens is 1. The van der Waals surface area contributed by atoms with Crippen LogP contribution in [0.3, 0.4) is 0 Å². The molecule has 1 atom stereocenters. The third kappa shape index (κ3) is 2.45. The van der Waals surface area contributed by atoms with Crippen molar-refractivity contribution in [2.75, 3.05) is 5.88 Å². The van der Waals surface area contributed by atoms with Crippen LogP contribution in [0, 0.1) is 0 Å². The van der Waals surface area contributed by atoms with Crippen LogP contribution >= 0.6 is 11.6 Å². The molecule has 1 rings (SSSR count). The molecule has 0 fully saturated rings. The molecule has 1 aromatic heterocycles. The molecule has 0 radical (unpaired) electrons. The first-order valence-corrected chi connectivity index (χ1v) is 4.73. The monoisotopic (exact) mass is 184 g/mol. The number of hydrogen-bond donors (Lipinski definition) is 0. The first-order valence-electron chi connectivity index (χ1n) is 4.20. The highest BCUT2D eigenvalue weighted by molar-refractivity contribution is 6.18. The van der Waals surface area contributed by atoms with Gasteiger partial charge in [0.05, 0.1) is 5.69 Å². The number of hydrogen-bond acceptors (Lipinski definition) is 2. The van der Waals surface area contributed by atoms with Gasteiger partial charge in [-0.2, -0.15) is 0 Å². The molecule has 0 N–H and O–H groups in total. The molecule has 0 aromatic carbocycles. The molecule has 1 aromatic rings. The van der Waals surface area contributed by atoms with Crippen molar-refractivity contribution >= 4 is 11.6 Å². The van der Waals surface area contributed by atoms with Gasteiger partial charge in [0.25, 0.3) is 0 Å². The lowest BCUT2D eigenvalue weighted by Crippen LogP contribution is -2.02. The summed E-state index contributed by atoms with van der Waals surface area (Å²) in [6, 6.07) is 0. The summed E-state index contributed by atoms with van der Waals surface area (Å²) in [5, 5.41) is 0. The second-order valence-electron chi connectivity index (χ2n) is 2.77. The fraction of sp³-hybridized carbons (Fsp3) is 0.556. The minimum atomic E-state index is 0.366. The van der Waals surface area contributed by atoms with Crippen LogP contribution in [0.1, 0.15) is 31.4 Å². The van der Waals surface area contributed by atoms with Gasteiger partial charge in [-0.15, -0.1) is 11.6 Å². The molecule has 0 saturated heterocycles. The summed E-state index contributed by atoms with van der Waals surface area (Å²) in [5.74, 6) is 0.998. The lowest BCUT2D eigenvalue weighted by atomic mass is 10.0. The normalized spacial score (nSPS) is 12.8. The summed E-state index contributed by atoms with van der Waals surface area (Å²) in [6.07, 6.45) is 7.41. The average molecular weight is 185 g/mol. The predicted octanol–water partition coefficient (Wildman–Crippen LogP) is 2.60. The molecule has 0 bridgehead atoms. The maximum atomic E-state index is 5.81. The molecule has 0 saturated carbocycles. The second kappa shape index (κ2) is 5.09. The van der Waals surface area contributed by atoms with Crippen LogP contribution in [0.2, 0.25) is 0 Å². The van der Waals surface area contributed by atoms with E-state index in [9.17, 15) is 0 Å². The van der Waals surface area contributed by atoms with Crippen molar-refractivity contribution in [3.8, 4) is 0 Å². The molecule has 0 aliphatic carbocycles. The van der Waals surface area contributed by atoms with Crippen LogP contribution in [0.5, 0.6) is 0 Å². The highest BCUT2D eigenvalue weighted by Crippen LogP contribution is 2.19. The smallest absolute Gasteiger partial charge is 0.0629 e. The summed E-state index contributed by atoms with van der Waals surface area (Å²) < 4.78 is 0. The van der Waals surface area contributed by atoms with Gasteiger partial charge in [0.2, 0.25) is 0 Å². The Labute approximate surface area is 78.0 Å². The molecule has 12 heavy (non-hydrogen) atoms. The summed E-state index contributed by atoms with van der Waals surface area (Å²) >= 11 is 5.81. The Hall–Kier alpha value is -0.630. The maximum Gasteiger partial charge on any atom is 0.0629 e. The molecule has 3 heteroatoms. The summed E-state index contributed by atoms with van der Waals surface area (Å²) in [5.41, 5.74) is 1.01. The van der Waals surface area contributed by atoms with Gasteiger partial charge in [0, 0.05) is 30.4 Å². The fourth-order valence-corrected chi connectivity index (χ4v) is 1.49. The van der Waals surface area contributed by atoms with Crippen molar-refractivity contribution < 1.29 is 0 Å². The molecular formula is C9H13ClN2. The summed E-state index contributed by atoms with van der Waals surface area (Å²) in [6.45, 7) is 2.15. The quantitative estimate of drug-likeness (QED) is 0.673. The minimum absolute atomic E-state index is 0.366. The third-order valence-electron chi connectivity index (χ3n) is 1.82. The molecule has 0 spiro atoms. The lowest BCUT2D eigenvalue weighted by Gasteiger charge is -2.10. The minimum Gasteiger partial charge on any atom is -0.261 e. The Morgan fingerprint density at radius 1 is 1.50 bits per heavy atom. The molecule has 2 nitrogen and oxygen atoms in total. The Morgan fingerprint density at radius 3 is 2.83 bits per heavy atom. The third-order valence-corrected chi connectivity index (χ3v) is 2.20. The van der Waals surface area contributed by atoms with E-state index < -0.39 is 0 Å². The number of alkyl halides is 1. The molecule has 0 aliphatic rings. The molecule has 1 heterocycles. The highest BCUT2D eigenvalue weighted by atomic mass is 35.5. The molecular weight excluding hydrogens is 172 g/mol. The highest BCUT2D eigenvalue weighted by Gasteiger charge is 2.09. The lowest BCUT2D eigenvalue weighted by molar-refractivity contribution is 0.649. The second-order valence-corrected chi connectivity index (χ2v) is 3.08. The van der Waals surface area contributed by atoms with Crippen molar-refractivity contribution in [2.24, 2.45) is 0 Å². The van der Waals surface area contributed by atoms with Gasteiger partial charge >= 0.3 is 0 Å². The predicted molar refractivity (Wildman–Crippen MR) is 50.4 cm³/mol. The van der Waals surface area contributed by atoms with E-state index in [0.29, 0.717) is 11.8 Å². The fourth-order valence-electron chi connectivity index (χ4n) is 1.17. The number of aromatic nitrogens is 2. The van der Waals surface area contributed by atoms with Gasteiger partial charge in [-0.3, -0.25) is 9.97 Å². The van der Waals surface area contributed by atoms with Crippen molar-refractivity contribution in [3.05, 3.63) is 24.3 Å².